The van der Waals surface area contributed by atoms with Crippen molar-refractivity contribution in [3.05, 3.63) is 241 Å². The predicted octanol–water partition coefficient (Wildman–Crippen LogP) is 7.04. The van der Waals surface area contributed by atoms with Gasteiger partial charge in [0.25, 0.3) is 29.5 Å². The number of ether oxygens (including phenoxy) is 11. The van der Waals surface area contributed by atoms with E-state index in [9.17, 15) is 124 Å². The topological polar surface area (TPSA) is 563 Å². The summed E-state index contributed by atoms with van der Waals surface area (Å²) in [5.41, 5.74) is -2.64. The summed E-state index contributed by atoms with van der Waals surface area (Å²) in [4.78, 5) is 188. The Balaban J connectivity index is 0.000000165. The molecule has 0 aliphatic carbocycles. The monoisotopic (exact) mass is 2050 g/mol. The highest BCUT2D eigenvalue weighted by molar-refractivity contribution is 6.31. The van der Waals surface area contributed by atoms with Crippen LogP contribution in [0.25, 0.3) is 0 Å². The van der Waals surface area contributed by atoms with Crippen LogP contribution in [-0.4, -0.2) is 254 Å². The number of nitrogens with one attached hydrogen (secondary N) is 2. The molecule has 3 aromatic carbocycles. The zero-order valence-corrected chi connectivity index (χ0v) is 78.6. The highest BCUT2D eigenvalue weighted by Gasteiger charge is 2.49. The summed E-state index contributed by atoms with van der Waals surface area (Å²) in [7, 11) is 9.62. The molecule has 8 aromatic rings. The number of aliphatic hydroxyl groups is 1. The molecule has 8 aliphatic heterocycles. The zero-order chi connectivity index (χ0) is 104. The summed E-state index contributed by atoms with van der Waals surface area (Å²) in [6.45, 7) is 7.64. The van der Waals surface area contributed by atoms with Gasteiger partial charge in [0.1, 0.15) is 77.8 Å². The number of aromatic hydroxyl groups is 2. The fourth-order valence-corrected chi connectivity index (χ4v) is 16.9. The van der Waals surface area contributed by atoms with Crippen LogP contribution in [0.1, 0.15) is 211 Å². The maximum atomic E-state index is 14.0. The highest BCUT2D eigenvalue weighted by Crippen LogP contribution is 2.42. The number of esters is 2. The van der Waals surface area contributed by atoms with Crippen LogP contribution in [0.4, 0.5) is 26.3 Å². The highest BCUT2D eigenvalue weighted by atomic mass is 35.5. The molecule has 13 heterocycles. The smallest absolute Gasteiger partial charge is 0.359 e. The molecular formula is C89H92Cl3F6N11O32. The lowest BCUT2D eigenvalue weighted by molar-refractivity contribution is -0.106. The first kappa shape index (κ1) is 108. The Morgan fingerprint density at radius 3 is 1.07 bits per heavy atom. The fourth-order valence-electron chi connectivity index (χ4n) is 16.3. The van der Waals surface area contributed by atoms with Gasteiger partial charge in [0.05, 0.1) is 96.8 Å². The van der Waals surface area contributed by atoms with Crippen molar-refractivity contribution in [3.63, 3.8) is 0 Å². The van der Waals surface area contributed by atoms with Crippen LogP contribution in [0, 0.1) is 34.9 Å². The molecule has 0 saturated carbocycles. The SMILES string of the molecule is CN1C(=O)c2c(O)c(=O)c(C(=O)NCc3ccc(F)c(Cl)c3F)cn2[C@@H]2CCO[C@@H]21.CN1C(=O)c2c(O)c(=O)c(C(=O)NCc3ccc(F)c(Cl)c3F)cn2[C@@H]2CCO[C@@H]21.COc1c(C(=O)OC(C)C)n([C@@H]2CCOC2O)cc(C(=O)O)c1=O.COc1c(C(=O)OC(C)C)n([C@@H]2CCOC2OC)cc(C(=O)O)c1=O.COc1c2n(cc(C(=O)O)c1=O)[C@@H]1CCO[C@@H]1N(C)C2=O.NCc1ccc(F)c(Cl)c1F. The second-order valence-corrected chi connectivity index (χ2v) is 33.5. The summed E-state index contributed by atoms with van der Waals surface area (Å²) in [6, 6.07) is 4.26. The molecule has 5 amide bonds. The van der Waals surface area contributed by atoms with E-state index in [1.165, 1.54) is 97.6 Å². The molecule has 0 bridgehead atoms. The number of nitrogens with two attached hydrogens (primary N) is 1. The number of hydrogen-bond acceptors (Lipinski definition) is 30. The number of aromatic carboxylic acids is 3. The lowest BCUT2D eigenvalue weighted by atomic mass is 10.1. The van der Waals surface area contributed by atoms with E-state index in [4.69, 9.17) is 97.7 Å². The van der Waals surface area contributed by atoms with Crippen molar-refractivity contribution < 1.29 is 157 Å². The molecule has 0 radical (unpaired) electrons. The van der Waals surface area contributed by atoms with Crippen molar-refractivity contribution in [2.75, 3.05) is 82.6 Å². The average molecular weight is 2050 g/mol. The molecule has 141 heavy (non-hydrogen) atoms. The number of aliphatic hydroxyl groups excluding tert-OH is 1. The fraction of sp³-hybridized carbons (Fsp3) is 0.404. The number of carbonyl (C=O) groups excluding carboxylic acids is 7. The van der Waals surface area contributed by atoms with Gasteiger partial charge in [-0.1, -0.05) is 53.0 Å². The third-order valence-electron chi connectivity index (χ3n) is 23.2. The minimum atomic E-state index is -1.47. The van der Waals surface area contributed by atoms with E-state index < -0.39 is 237 Å². The zero-order valence-electron chi connectivity index (χ0n) is 76.3. The molecule has 43 nitrogen and oxygen atoms in total. The summed E-state index contributed by atoms with van der Waals surface area (Å²) in [5.74, 6) is -17.5. The number of halogens is 9. The van der Waals surface area contributed by atoms with E-state index in [1.807, 2.05) is 0 Å². The molecule has 2 unspecified atom stereocenters. The maximum Gasteiger partial charge on any atom is 0.359 e. The molecule has 5 fully saturated rings. The second kappa shape index (κ2) is 45.2. The van der Waals surface area contributed by atoms with Gasteiger partial charge in [0.15, 0.2) is 88.5 Å². The van der Waals surface area contributed by atoms with Gasteiger partial charge < -0.3 is 137 Å². The van der Waals surface area contributed by atoms with Crippen LogP contribution < -0.4 is 57.7 Å². The number of pyridine rings is 5. The number of hydrogen-bond donors (Lipinski definition) is 9. The Morgan fingerprint density at radius 2 is 0.730 bits per heavy atom. The Hall–Kier alpha value is -13.8. The average Bonchev–Trinajstić information content (AvgIpc) is 1.72. The molecule has 5 saturated heterocycles. The van der Waals surface area contributed by atoms with E-state index in [2.05, 4.69) is 10.6 Å². The molecule has 52 heteroatoms. The summed E-state index contributed by atoms with van der Waals surface area (Å²) < 4.78 is 144. The van der Waals surface area contributed by atoms with Gasteiger partial charge in [-0.05, 0) is 78.0 Å². The standard InChI is InChI=1S/2C19H16ClF2N3O5.C16H21NO8.C15H19NO8.C13H14N2O6.C7H6ClF2N/c2*1-24-18(29)14-16(27)15(26)9(7-25(14)11-4-5-30-19(11)24)17(28)23-6-8-2-3-10(21)12(20)13(8)22;1-8(2)25-15(21)11-13(22-3)12(18)9(14(19)20)7-17(11)10-5-6-24-16(10)23-4;1-7(2)24-15(21)10-12(22-3)11(17)8(13(18)19)6-16(10)9-4-5-23-14(9)20;1-14-11(17)8-10(20-2)9(16)6(13(18)19)5-15(8)7-3-4-21-12(7)14;8-6-5(9)2-1-4(3-11)7(6)10/h2*2-3,7,11,19,27H,4-6H2,1H3,(H,23,28);7-8,10,16H,5-6H2,1-4H3,(H,19,20);6-7,9,14,20H,4-5H2,1-3H3,(H,18,19);5,7,12H,3-4H2,1-2H3,(H,18,19);1-2H,3,11H2/t2*11-,19+;10-,16?;9-,14?;7-,12+;/m11111./s1. The molecule has 10 atom stereocenters. The molecular weight excluding hydrogens is 1960 g/mol. The van der Waals surface area contributed by atoms with Gasteiger partial charge in [-0.25, -0.2) is 50.3 Å². The van der Waals surface area contributed by atoms with Crippen molar-refractivity contribution in [2.45, 2.75) is 153 Å². The van der Waals surface area contributed by atoms with Crippen molar-refractivity contribution >= 4 is 94.2 Å². The minimum absolute atomic E-state index is 0.0197. The number of fused-ring (bicyclic) bond motifs is 9. The molecule has 758 valence electrons. The number of aromatic nitrogens is 5. The van der Waals surface area contributed by atoms with Crippen molar-refractivity contribution in [3.8, 4) is 28.7 Å². The van der Waals surface area contributed by atoms with E-state index in [-0.39, 0.29) is 101 Å². The van der Waals surface area contributed by atoms with Gasteiger partial charge in [0.2, 0.25) is 27.1 Å². The van der Waals surface area contributed by atoms with Gasteiger partial charge in [-0.3, -0.25) is 47.9 Å². The largest absolute Gasteiger partial charge is 0.503 e. The van der Waals surface area contributed by atoms with Gasteiger partial charge in [-0.15, -0.1) is 0 Å². The number of benzene rings is 3. The van der Waals surface area contributed by atoms with Crippen LogP contribution in [0.2, 0.25) is 15.1 Å². The Bertz CT molecular complexity index is 6460. The van der Waals surface area contributed by atoms with Crippen LogP contribution in [0.3, 0.4) is 0 Å². The summed E-state index contributed by atoms with van der Waals surface area (Å²) in [5, 5.41) is 61.1. The first-order valence-electron chi connectivity index (χ1n) is 42.5. The number of nitrogens with zero attached hydrogens (tertiary/aromatic N) is 8. The van der Waals surface area contributed by atoms with Crippen molar-refractivity contribution in [1.82, 2.24) is 48.2 Å². The normalized spacial score (nSPS) is 19.9. The van der Waals surface area contributed by atoms with Crippen LogP contribution in [0.5, 0.6) is 28.7 Å². The van der Waals surface area contributed by atoms with Crippen LogP contribution in [0.15, 0.2) is 91.4 Å². The number of carboxylic acids is 3. The minimum Gasteiger partial charge on any atom is -0.503 e. The van der Waals surface area contributed by atoms with E-state index in [0.717, 1.165) is 49.8 Å². The summed E-state index contributed by atoms with van der Waals surface area (Å²) >= 11 is 16.3. The number of likely N-dealkylation sites (N-methyl/N-ethyl adjacent to an activating group) is 3. The summed E-state index contributed by atoms with van der Waals surface area (Å²) in [6.07, 6.45) is 3.68. The Labute approximate surface area is 807 Å². The van der Waals surface area contributed by atoms with Crippen molar-refractivity contribution in [2.24, 2.45) is 5.73 Å². The van der Waals surface area contributed by atoms with Crippen LogP contribution >= 0.6 is 34.8 Å². The number of amides is 5. The lowest BCUT2D eigenvalue weighted by Crippen LogP contribution is -2.48. The number of rotatable bonds is 20. The van der Waals surface area contributed by atoms with E-state index >= 15 is 0 Å². The van der Waals surface area contributed by atoms with E-state index in [0.29, 0.717) is 58.5 Å². The molecule has 0 spiro atoms. The third kappa shape index (κ3) is 21.8. The molecule has 16 rings (SSSR count). The second-order valence-electron chi connectivity index (χ2n) is 32.4. The molecule has 5 aromatic heterocycles. The lowest BCUT2D eigenvalue weighted by Gasteiger charge is -2.37. The van der Waals surface area contributed by atoms with Crippen LogP contribution in [-0.2, 0) is 57.5 Å². The number of methoxy groups -OCH3 is 4. The maximum absolute atomic E-state index is 14.0. The van der Waals surface area contributed by atoms with Gasteiger partial charge in [0, 0.05) is 95.6 Å². The first-order chi connectivity index (χ1) is 66.7. The van der Waals surface area contributed by atoms with Crippen molar-refractivity contribution in [1.29, 1.82) is 0 Å². The number of carboxylic acid groups (broad SMARTS) is 3. The first-order valence-corrected chi connectivity index (χ1v) is 43.6. The molecule has 8 aliphatic rings. The van der Waals surface area contributed by atoms with Gasteiger partial charge in [-0.2, -0.15) is 0 Å². The predicted molar refractivity (Wildman–Crippen MR) is 475 cm³/mol. The third-order valence-corrected chi connectivity index (χ3v) is 24.2. The Kier molecular flexibility index (Phi) is 34.5. The Morgan fingerprint density at radius 1 is 0.426 bits per heavy atom. The number of carbonyl (C=O) groups is 10. The molecule has 10 N–H and O–H groups in total. The van der Waals surface area contributed by atoms with Gasteiger partial charge >= 0.3 is 29.8 Å². The quantitative estimate of drug-likeness (QED) is 0.0210. The van der Waals surface area contributed by atoms with E-state index in [1.54, 1.807) is 34.7 Å².